The normalized spacial score (nSPS) is 11.5. The van der Waals surface area contributed by atoms with E-state index in [1.165, 1.54) is 23.0 Å². The van der Waals surface area contributed by atoms with Gasteiger partial charge in [-0.1, -0.05) is 29.3 Å². The second-order valence-electron chi connectivity index (χ2n) is 9.68. The first-order valence-corrected chi connectivity index (χ1v) is 13.7. The zero-order chi connectivity index (χ0) is 31.6. The lowest BCUT2D eigenvalue weighted by Gasteiger charge is -2.14. The zero-order valence-electron chi connectivity index (χ0n) is 23.1. The van der Waals surface area contributed by atoms with Gasteiger partial charge < -0.3 is 5.32 Å². The first kappa shape index (κ1) is 30.8. The Hall–Kier alpha value is -4.69. The number of aromatic nitrogens is 8. The highest BCUT2D eigenvalue weighted by atomic mass is 35.5. The number of Topliss-reactive ketones (excluding diaryl/α,β-unsaturated/α-hetero) is 1. The van der Waals surface area contributed by atoms with Crippen molar-refractivity contribution in [3.63, 3.8) is 0 Å². The van der Waals surface area contributed by atoms with E-state index in [4.69, 9.17) is 23.2 Å². The number of aryl methyl sites for hydroxylation is 2. The standard InChI is InChI=1S/C28H22Cl2F3N9O2/c1-15-9-17(29)10-21(26(44)35-13-18-6-3-5-16(2)36-18)20(15)12-24(43)23-11-19(14-41-39-27(37-40-41)28(31,32)33)38-42(23)25-22(30)7-4-8-34-25/h3-11H,12-14H2,1-2H3,(H,35,44). The molecule has 4 heterocycles. The lowest BCUT2D eigenvalue weighted by Crippen LogP contribution is -2.26. The molecule has 0 spiro atoms. The molecule has 0 atom stereocenters. The summed E-state index contributed by atoms with van der Waals surface area (Å²) >= 11 is 12.6. The van der Waals surface area contributed by atoms with Gasteiger partial charge >= 0.3 is 6.18 Å². The second-order valence-corrected chi connectivity index (χ2v) is 10.5. The van der Waals surface area contributed by atoms with Gasteiger partial charge in [-0.3, -0.25) is 14.6 Å². The molecule has 226 valence electrons. The van der Waals surface area contributed by atoms with Crippen LogP contribution in [0, 0.1) is 13.8 Å². The molecule has 0 unspecified atom stereocenters. The molecule has 11 nitrogen and oxygen atoms in total. The summed E-state index contributed by atoms with van der Waals surface area (Å²) in [5, 5.41) is 17.5. The number of nitrogens with zero attached hydrogens (tertiary/aromatic N) is 8. The molecule has 5 rings (SSSR count). The summed E-state index contributed by atoms with van der Waals surface area (Å²) in [5.74, 6) is -2.24. The van der Waals surface area contributed by atoms with Crippen LogP contribution in [-0.4, -0.2) is 51.6 Å². The first-order chi connectivity index (χ1) is 20.9. The lowest BCUT2D eigenvalue weighted by molar-refractivity contribution is -0.145. The van der Waals surface area contributed by atoms with Crippen molar-refractivity contribution in [2.75, 3.05) is 0 Å². The molecule has 4 aromatic heterocycles. The number of nitrogens with one attached hydrogen (secondary N) is 1. The molecule has 1 aromatic carbocycles. The molecule has 0 saturated carbocycles. The quantitative estimate of drug-likeness (QED) is 0.222. The van der Waals surface area contributed by atoms with Crippen molar-refractivity contribution in [3.05, 3.63) is 110 Å². The van der Waals surface area contributed by atoms with Crippen molar-refractivity contribution in [3.8, 4) is 5.82 Å². The molecule has 0 aliphatic rings. The predicted molar refractivity (Wildman–Crippen MR) is 153 cm³/mol. The fourth-order valence-corrected chi connectivity index (χ4v) is 4.87. The van der Waals surface area contributed by atoms with Crippen LogP contribution >= 0.6 is 23.2 Å². The smallest absolute Gasteiger partial charge is 0.346 e. The molecular formula is C28H22Cl2F3N9O2. The number of carbonyl (C=O) groups excluding carboxylic acids is 2. The largest absolute Gasteiger partial charge is 0.455 e. The summed E-state index contributed by atoms with van der Waals surface area (Å²) in [7, 11) is 0. The minimum absolute atomic E-state index is 0.0152. The van der Waals surface area contributed by atoms with Crippen LogP contribution in [-0.2, 0) is 25.7 Å². The predicted octanol–water partition coefficient (Wildman–Crippen LogP) is 4.99. The first-order valence-electron chi connectivity index (χ1n) is 13.0. The van der Waals surface area contributed by atoms with Crippen molar-refractivity contribution < 1.29 is 22.8 Å². The van der Waals surface area contributed by atoms with Gasteiger partial charge in [0.2, 0.25) is 0 Å². The van der Waals surface area contributed by atoms with E-state index in [0.717, 1.165) is 5.69 Å². The van der Waals surface area contributed by atoms with Gasteiger partial charge in [0.25, 0.3) is 11.7 Å². The van der Waals surface area contributed by atoms with Crippen LogP contribution < -0.4 is 5.32 Å². The van der Waals surface area contributed by atoms with E-state index in [1.807, 2.05) is 19.1 Å². The third-order valence-corrected chi connectivity index (χ3v) is 6.90. The summed E-state index contributed by atoms with van der Waals surface area (Å²) in [4.78, 5) is 36.5. The Balaban J connectivity index is 1.47. The zero-order valence-corrected chi connectivity index (χ0v) is 24.6. The van der Waals surface area contributed by atoms with E-state index in [2.05, 4.69) is 35.8 Å². The fourth-order valence-electron chi connectivity index (χ4n) is 4.39. The van der Waals surface area contributed by atoms with Crippen LogP contribution in [0.3, 0.4) is 0 Å². The fraction of sp³-hybridized carbons (Fsp3) is 0.214. The Morgan fingerprint density at radius 3 is 2.50 bits per heavy atom. The number of hydrogen-bond acceptors (Lipinski definition) is 8. The highest BCUT2D eigenvalue weighted by molar-refractivity contribution is 6.32. The summed E-state index contributed by atoms with van der Waals surface area (Å²) < 4.78 is 40.1. The van der Waals surface area contributed by atoms with Crippen molar-refractivity contribution in [1.82, 2.24) is 45.3 Å². The van der Waals surface area contributed by atoms with Gasteiger partial charge in [-0.2, -0.15) is 23.1 Å². The molecule has 5 aromatic rings. The van der Waals surface area contributed by atoms with Crippen molar-refractivity contribution in [2.24, 2.45) is 0 Å². The van der Waals surface area contributed by atoms with Crippen LogP contribution in [0.1, 0.15) is 54.9 Å². The SMILES string of the molecule is Cc1cccc(CNC(=O)c2cc(Cl)cc(C)c2CC(=O)c2cc(Cn3nnc(C(F)(F)F)n3)nn2-c2ncccc2Cl)n1. The Kier molecular flexibility index (Phi) is 8.74. The van der Waals surface area contributed by atoms with Crippen LogP contribution in [0.5, 0.6) is 0 Å². The van der Waals surface area contributed by atoms with Gasteiger partial charge in [-0.15, -0.1) is 10.2 Å². The van der Waals surface area contributed by atoms with Crippen molar-refractivity contribution in [1.29, 1.82) is 0 Å². The number of amides is 1. The van der Waals surface area contributed by atoms with Gasteiger partial charge in [0.05, 0.1) is 23.0 Å². The summed E-state index contributed by atoms with van der Waals surface area (Å²) in [5.41, 5.74) is 2.82. The van der Waals surface area contributed by atoms with Gasteiger partial charge in [0.1, 0.15) is 12.2 Å². The number of carbonyl (C=O) groups is 2. The number of pyridine rings is 2. The third kappa shape index (κ3) is 6.92. The van der Waals surface area contributed by atoms with E-state index >= 15 is 0 Å². The number of ketones is 1. The number of halogens is 5. The molecule has 1 amide bonds. The average molecular weight is 644 g/mol. The molecule has 44 heavy (non-hydrogen) atoms. The highest BCUT2D eigenvalue weighted by Crippen LogP contribution is 2.27. The second kappa shape index (κ2) is 12.5. The minimum Gasteiger partial charge on any atom is -0.346 e. The van der Waals surface area contributed by atoms with Crippen LogP contribution in [0.25, 0.3) is 5.82 Å². The van der Waals surface area contributed by atoms with E-state index in [9.17, 15) is 22.8 Å². The Labute approximate surface area is 258 Å². The Bertz CT molecular complexity index is 1870. The molecule has 0 aliphatic heterocycles. The molecule has 0 saturated heterocycles. The lowest BCUT2D eigenvalue weighted by atomic mass is 9.95. The van der Waals surface area contributed by atoms with E-state index in [-0.39, 0.29) is 47.3 Å². The maximum atomic E-state index is 13.8. The number of tetrazole rings is 1. The van der Waals surface area contributed by atoms with E-state index < -0.39 is 23.7 Å². The van der Waals surface area contributed by atoms with Crippen LogP contribution in [0.15, 0.2) is 54.7 Å². The average Bonchev–Trinajstić information content (AvgIpc) is 3.61. The van der Waals surface area contributed by atoms with Gasteiger partial charge in [0.15, 0.2) is 11.6 Å². The maximum absolute atomic E-state index is 13.8. The number of hydrogen-bond donors (Lipinski definition) is 1. The van der Waals surface area contributed by atoms with E-state index in [0.29, 0.717) is 26.6 Å². The Morgan fingerprint density at radius 2 is 1.80 bits per heavy atom. The number of rotatable bonds is 9. The van der Waals surface area contributed by atoms with E-state index in [1.54, 1.807) is 31.2 Å². The number of alkyl halides is 3. The third-order valence-electron chi connectivity index (χ3n) is 6.39. The highest BCUT2D eigenvalue weighted by Gasteiger charge is 2.37. The molecular weight excluding hydrogens is 622 g/mol. The minimum atomic E-state index is -4.78. The van der Waals surface area contributed by atoms with Crippen molar-refractivity contribution in [2.45, 2.75) is 39.5 Å². The Morgan fingerprint density at radius 1 is 1.00 bits per heavy atom. The molecule has 0 aliphatic carbocycles. The number of benzene rings is 1. The molecule has 0 fully saturated rings. The monoisotopic (exact) mass is 643 g/mol. The topological polar surface area (TPSA) is 133 Å². The molecule has 0 radical (unpaired) electrons. The molecule has 1 N–H and O–H groups in total. The van der Waals surface area contributed by atoms with Crippen molar-refractivity contribution >= 4 is 34.9 Å². The summed E-state index contributed by atoms with van der Waals surface area (Å²) in [6.07, 6.45) is -3.58. The molecule has 16 heteroatoms. The summed E-state index contributed by atoms with van der Waals surface area (Å²) in [6.45, 7) is 3.38. The maximum Gasteiger partial charge on any atom is 0.455 e. The van der Waals surface area contributed by atoms with Gasteiger partial charge in [-0.05, 0) is 72.7 Å². The van der Waals surface area contributed by atoms with Gasteiger partial charge in [0, 0.05) is 28.9 Å². The summed E-state index contributed by atoms with van der Waals surface area (Å²) in [6, 6.07) is 13.1. The van der Waals surface area contributed by atoms with Gasteiger partial charge in [-0.25, -0.2) is 9.67 Å². The molecule has 0 bridgehead atoms. The van der Waals surface area contributed by atoms with Crippen LogP contribution in [0.4, 0.5) is 13.2 Å². The van der Waals surface area contributed by atoms with Crippen LogP contribution in [0.2, 0.25) is 10.0 Å².